The molecule has 0 bridgehead atoms. The highest BCUT2D eigenvalue weighted by Crippen LogP contribution is 2.43. The zero-order valence-corrected chi connectivity index (χ0v) is 11.7. The van der Waals surface area contributed by atoms with Crippen LogP contribution >= 0.6 is 15.9 Å². The molecule has 0 spiro atoms. The van der Waals surface area contributed by atoms with E-state index in [0.717, 1.165) is 4.47 Å². The van der Waals surface area contributed by atoms with Crippen molar-refractivity contribution in [3.05, 3.63) is 28.2 Å². The number of carbonyl (C=O) groups is 1. The number of benzene rings is 1. The highest BCUT2D eigenvalue weighted by molar-refractivity contribution is 9.10. The second-order valence-electron chi connectivity index (χ2n) is 3.78. The Morgan fingerprint density at radius 3 is 2.67 bits per heavy atom. The molecular formula is C13H12BrNO3. The number of hydrogen-bond donors (Lipinski definition) is 0. The number of nitrogens with zero attached hydrogens (tertiary/aromatic N) is 1. The number of methoxy groups -OCH3 is 2. The molecule has 2 rings (SSSR count). The first-order valence-electron chi connectivity index (χ1n) is 5.26. The van der Waals surface area contributed by atoms with Crippen LogP contribution in [0.15, 0.2) is 22.7 Å². The van der Waals surface area contributed by atoms with E-state index in [1.807, 2.05) is 12.1 Å². The lowest BCUT2D eigenvalue weighted by Gasteiger charge is -2.24. The smallest absolute Gasteiger partial charge is 0.293 e. The number of amides is 1. The van der Waals surface area contributed by atoms with Crippen LogP contribution in [-0.2, 0) is 20.1 Å². The lowest BCUT2D eigenvalue weighted by molar-refractivity contribution is -0.209. The van der Waals surface area contributed by atoms with Crippen LogP contribution in [-0.4, -0.2) is 26.7 Å². The molecule has 1 amide bonds. The van der Waals surface area contributed by atoms with E-state index in [1.54, 1.807) is 6.07 Å². The molecule has 0 radical (unpaired) electrons. The molecule has 4 nitrogen and oxygen atoms in total. The van der Waals surface area contributed by atoms with Crippen LogP contribution in [0, 0.1) is 12.3 Å². The summed E-state index contributed by atoms with van der Waals surface area (Å²) in [5, 5.41) is 0. The van der Waals surface area contributed by atoms with Crippen molar-refractivity contribution in [3.63, 3.8) is 0 Å². The summed E-state index contributed by atoms with van der Waals surface area (Å²) in [6.45, 7) is 0.182. The molecule has 1 aromatic carbocycles. The molecular weight excluding hydrogens is 298 g/mol. The fraction of sp³-hybridized carbons (Fsp3) is 0.308. The van der Waals surface area contributed by atoms with Crippen LogP contribution in [0.1, 0.15) is 5.56 Å². The molecule has 0 atom stereocenters. The topological polar surface area (TPSA) is 38.8 Å². The molecule has 0 saturated carbocycles. The maximum absolute atomic E-state index is 12.4. The number of carbonyl (C=O) groups excluding carboxylic acids is 1. The quantitative estimate of drug-likeness (QED) is 0.632. The monoisotopic (exact) mass is 309 g/mol. The van der Waals surface area contributed by atoms with E-state index >= 15 is 0 Å². The highest BCUT2D eigenvalue weighted by Gasteiger charge is 2.52. The minimum Gasteiger partial charge on any atom is -0.342 e. The van der Waals surface area contributed by atoms with Crippen LogP contribution in [0.4, 0.5) is 5.69 Å². The van der Waals surface area contributed by atoms with Crippen LogP contribution in [0.5, 0.6) is 0 Å². The summed E-state index contributed by atoms with van der Waals surface area (Å²) in [5.74, 6) is 0.750. The van der Waals surface area contributed by atoms with Gasteiger partial charge in [0.1, 0.15) is 0 Å². The van der Waals surface area contributed by atoms with Crippen molar-refractivity contribution >= 4 is 27.5 Å². The Labute approximate surface area is 114 Å². The predicted octanol–water partition coefficient (Wildman–Crippen LogP) is 1.87. The van der Waals surface area contributed by atoms with Crippen molar-refractivity contribution < 1.29 is 14.3 Å². The van der Waals surface area contributed by atoms with Crippen molar-refractivity contribution in [2.45, 2.75) is 5.79 Å². The predicted molar refractivity (Wildman–Crippen MR) is 71.0 cm³/mol. The second kappa shape index (κ2) is 4.73. The summed E-state index contributed by atoms with van der Waals surface area (Å²) in [4.78, 5) is 13.9. The number of anilines is 1. The third-order valence-electron chi connectivity index (χ3n) is 2.95. The summed E-state index contributed by atoms with van der Waals surface area (Å²) < 4.78 is 11.5. The van der Waals surface area contributed by atoms with Crippen LogP contribution in [0.25, 0.3) is 0 Å². The van der Waals surface area contributed by atoms with Gasteiger partial charge in [0, 0.05) is 24.3 Å². The molecule has 1 aliphatic heterocycles. The van der Waals surface area contributed by atoms with Crippen molar-refractivity contribution in [1.29, 1.82) is 0 Å². The minimum absolute atomic E-state index is 0.182. The molecule has 0 aliphatic carbocycles. The fourth-order valence-corrected chi connectivity index (χ4v) is 2.50. The number of ether oxygens (including phenoxy) is 2. The van der Waals surface area contributed by atoms with Crippen molar-refractivity contribution in [3.8, 4) is 12.3 Å². The van der Waals surface area contributed by atoms with Crippen molar-refractivity contribution in [2.24, 2.45) is 0 Å². The molecule has 5 heteroatoms. The van der Waals surface area contributed by atoms with Gasteiger partial charge >= 0.3 is 0 Å². The van der Waals surface area contributed by atoms with Gasteiger partial charge < -0.3 is 9.47 Å². The molecule has 1 aromatic rings. The number of fused-ring (bicyclic) bond motifs is 1. The zero-order valence-electron chi connectivity index (χ0n) is 10.1. The van der Waals surface area contributed by atoms with Gasteiger partial charge in [-0.25, -0.2) is 0 Å². The van der Waals surface area contributed by atoms with Gasteiger partial charge in [0.05, 0.1) is 12.2 Å². The number of rotatable bonds is 3. The third kappa shape index (κ3) is 1.65. The lowest BCUT2D eigenvalue weighted by Crippen LogP contribution is -2.43. The molecule has 1 heterocycles. The maximum atomic E-state index is 12.4. The fourth-order valence-electron chi connectivity index (χ4n) is 2.14. The molecule has 94 valence electrons. The Balaban J connectivity index is 2.65. The highest BCUT2D eigenvalue weighted by atomic mass is 79.9. The first-order chi connectivity index (χ1) is 8.60. The van der Waals surface area contributed by atoms with Gasteiger partial charge in [-0.2, -0.15) is 0 Å². The molecule has 0 unspecified atom stereocenters. The standard InChI is InChI=1S/C13H12BrNO3/c1-4-7-15-11-6-5-9(14)8-10(11)13(17-2,18-3)12(15)16/h1,5-6,8H,7H2,2-3H3. The molecule has 0 fully saturated rings. The van der Waals surface area contributed by atoms with Gasteiger partial charge in [0.25, 0.3) is 11.7 Å². The van der Waals surface area contributed by atoms with E-state index in [2.05, 4.69) is 21.9 Å². The average Bonchev–Trinajstić information content (AvgIpc) is 2.60. The van der Waals surface area contributed by atoms with Gasteiger partial charge in [0.2, 0.25) is 0 Å². The Morgan fingerprint density at radius 1 is 1.44 bits per heavy atom. The van der Waals surface area contributed by atoms with Gasteiger partial charge in [0.15, 0.2) is 0 Å². The van der Waals surface area contributed by atoms with Gasteiger partial charge in [-0.15, -0.1) is 6.42 Å². The average molecular weight is 310 g/mol. The summed E-state index contributed by atoms with van der Waals surface area (Å²) >= 11 is 3.37. The summed E-state index contributed by atoms with van der Waals surface area (Å²) in [6, 6.07) is 5.46. The Hall–Kier alpha value is -1.35. The number of hydrogen-bond acceptors (Lipinski definition) is 3. The van der Waals surface area contributed by atoms with Crippen molar-refractivity contribution in [1.82, 2.24) is 0 Å². The van der Waals surface area contributed by atoms with Crippen molar-refractivity contribution in [2.75, 3.05) is 25.7 Å². The zero-order chi connectivity index (χ0) is 13.3. The molecule has 0 aromatic heterocycles. The minimum atomic E-state index is -1.41. The molecule has 18 heavy (non-hydrogen) atoms. The summed E-state index contributed by atoms with van der Waals surface area (Å²) in [5.41, 5.74) is 1.37. The van der Waals surface area contributed by atoms with Gasteiger partial charge in [-0.3, -0.25) is 9.69 Å². The SMILES string of the molecule is C#CCN1C(=O)C(OC)(OC)c2cc(Br)ccc21. The largest absolute Gasteiger partial charge is 0.342 e. The van der Waals surface area contributed by atoms with E-state index in [-0.39, 0.29) is 12.5 Å². The van der Waals surface area contributed by atoms with E-state index < -0.39 is 5.79 Å². The molecule has 0 N–H and O–H groups in total. The van der Waals surface area contributed by atoms with Crippen LogP contribution < -0.4 is 4.90 Å². The lowest BCUT2D eigenvalue weighted by atomic mass is 10.1. The van der Waals surface area contributed by atoms with E-state index in [9.17, 15) is 4.79 Å². The third-order valence-corrected chi connectivity index (χ3v) is 3.45. The first kappa shape index (κ1) is 13.1. The first-order valence-corrected chi connectivity index (χ1v) is 6.05. The Morgan fingerprint density at radius 2 is 2.11 bits per heavy atom. The maximum Gasteiger partial charge on any atom is 0.293 e. The molecule has 0 saturated heterocycles. The Bertz CT molecular complexity index is 532. The van der Waals surface area contributed by atoms with Gasteiger partial charge in [-0.05, 0) is 18.2 Å². The molecule has 1 aliphatic rings. The normalized spacial score (nSPS) is 16.6. The Kier molecular flexibility index (Phi) is 3.44. The number of terminal acetylenes is 1. The summed E-state index contributed by atoms with van der Waals surface area (Å²) in [6.07, 6.45) is 5.29. The summed E-state index contributed by atoms with van der Waals surface area (Å²) in [7, 11) is 2.87. The van der Waals surface area contributed by atoms with Crippen LogP contribution in [0.3, 0.4) is 0 Å². The van der Waals surface area contributed by atoms with Crippen LogP contribution in [0.2, 0.25) is 0 Å². The second-order valence-corrected chi connectivity index (χ2v) is 4.70. The van der Waals surface area contributed by atoms with E-state index in [4.69, 9.17) is 15.9 Å². The van der Waals surface area contributed by atoms with Gasteiger partial charge in [-0.1, -0.05) is 21.9 Å². The van der Waals surface area contributed by atoms with E-state index in [1.165, 1.54) is 19.1 Å². The van der Waals surface area contributed by atoms with E-state index in [0.29, 0.717) is 11.3 Å². The number of halogens is 1.